The van der Waals surface area contributed by atoms with Crippen molar-refractivity contribution in [1.29, 1.82) is 0 Å². The Morgan fingerprint density at radius 2 is 1.19 bits per heavy atom. The Bertz CT molecular complexity index is 1300. The van der Waals surface area contributed by atoms with Gasteiger partial charge < -0.3 is 40.3 Å². The van der Waals surface area contributed by atoms with Crippen molar-refractivity contribution in [2.45, 2.75) is 204 Å². The zero-order valence-electron chi connectivity index (χ0n) is 35.9. The van der Waals surface area contributed by atoms with Crippen molar-refractivity contribution in [1.82, 2.24) is 5.32 Å². The first-order valence-electron chi connectivity index (χ1n) is 22.3. The predicted molar refractivity (Wildman–Crippen MR) is 233 cm³/mol. The van der Waals surface area contributed by atoms with E-state index in [9.17, 15) is 38.7 Å². The van der Waals surface area contributed by atoms with Crippen molar-refractivity contribution in [3.63, 3.8) is 0 Å². The molecule has 8 unspecified atom stereocenters. The van der Waals surface area contributed by atoms with Crippen molar-refractivity contribution in [3.05, 3.63) is 60.8 Å². The zero-order chi connectivity index (χ0) is 43.6. The van der Waals surface area contributed by atoms with Crippen LogP contribution in [0.2, 0.25) is 0 Å². The number of aliphatic hydroxyl groups excluding tert-OH is 5. The summed E-state index contributed by atoms with van der Waals surface area (Å²) in [5, 5.41) is 55.1. The maximum atomic E-state index is 13.1. The van der Waals surface area contributed by atoms with Gasteiger partial charge in [0, 0.05) is 0 Å². The van der Waals surface area contributed by atoms with Gasteiger partial charge in [-0.3, -0.25) is 9.35 Å². The normalized spacial score (nSPS) is 22.1. The SMILES string of the molecule is CCCCC/C=C\C/C=C\CCCCCCCCC(O)C(=O)NC(COC1OC(CO)C(O)C(OS(=O)(=O)O)C1O)C(O)/C=C/CC/C=C/CC/C=C/CCCCCC. The van der Waals surface area contributed by atoms with Crippen molar-refractivity contribution < 1.29 is 57.0 Å². The first-order valence-corrected chi connectivity index (χ1v) is 23.6. The van der Waals surface area contributed by atoms with Crippen molar-refractivity contribution in [2.75, 3.05) is 13.2 Å². The minimum Gasteiger partial charge on any atom is -0.394 e. The lowest BCUT2D eigenvalue weighted by Gasteiger charge is -2.41. The second kappa shape index (κ2) is 35.4. The summed E-state index contributed by atoms with van der Waals surface area (Å²) in [6, 6.07) is -1.15. The summed E-state index contributed by atoms with van der Waals surface area (Å²) in [4.78, 5) is 13.1. The highest BCUT2D eigenvalue weighted by Crippen LogP contribution is 2.26. The van der Waals surface area contributed by atoms with Crippen LogP contribution in [-0.2, 0) is 28.9 Å². The Kier molecular flexibility index (Phi) is 32.8. The minimum atomic E-state index is -5.13. The van der Waals surface area contributed by atoms with E-state index in [-0.39, 0.29) is 6.42 Å². The van der Waals surface area contributed by atoms with Gasteiger partial charge in [0.25, 0.3) is 0 Å². The van der Waals surface area contributed by atoms with E-state index in [1.807, 2.05) is 0 Å². The molecule has 1 rings (SSSR count). The van der Waals surface area contributed by atoms with Crippen molar-refractivity contribution >= 4 is 16.3 Å². The highest BCUT2D eigenvalue weighted by Gasteiger charge is 2.48. The number of hydrogen-bond donors (Lipinski definition) is 7. The molecule has 1 aliphatic heterocycles. The summed E-state index contributed by atoms with van der Waals surface area (Å²) < 4.78 is 47.4. The van der Waals surface area contributed by atoms with E-state index in [0.29, 0.717) is 12.8 Å². The number of ether oxygens (including phenoxy) is 2. The van der Waals surface area contributed by atoms with Crippen LogP contribution >= 0.6 is 0 Å². The molecule has 0 aromatic rings. The third-order valence-corrected chi connectivity index (χ3v) is 10.6. The molecule has 0 saturated carbocycles. The lowest BCUT2D eigenvalue weighted by atomic mass is 9.99. The fourth-order valence-electron chi connectivity index (χ4n) is 6.52. The molecule has 342 valence electrons. The van der Waals surface area contributed by atoms with Gasteiger partial charge in [0.1, 0.15) is 30.5 Å². The lowest BCUT2D eigenvalue weighted by Crippen LogP contribution is -2.61. The predicted octanol–water partition coefficient (Wildman–Crippen LogP) is 7.24. The van der Waals surface area contributed by atoms with Crippen molar-refractivity contribution in [2.24, 2.45) is 0 Å². The van der Waals surface area contributed by atoms with E-state index >= 15 is 0 Å². The zero-order valence-corrected chi connectivity index (χ0v) is 36.7. The molecule has 1 fully saturated rings. The molecule has 8 atom stereocenters. The summed E-state index contributed by atoms with van der Waals surface area (Å²) in [6.07, 6.45) is 31.6. The van der Waals surface area contributed by atoms with E-state index in [1.165, 1.54) is 51.0 Å². The number of amides is 1. The molecule has 0 aromatic heterocycles. The average molecular weight is 858 g/mol. The maximum Gasteiger partial charge on any atom is 0.397 e. The Balaban J connectivity index is 2.66. The van der Waals surface area contributed by atoms with Gasteiger partial charge in [0.05, 0.1) is 25.4 Å². The molecular formula is C45H79NO12S. The highest BCUT2D eigenvalue weighted by atomic mass is 32.3. The van der Waals surface area contributed by atoms with Gasteiger partial charge in [0.2, 0.25) is 5.91 Å². The molecule has 13 nitrogen and oxygen atoms in total. The molecule has 7 N–H and O–H groups in total. The van der Waals surface area contributed by atoms with Crippen LogP contribution in [0.4, 0.5) is 0 Å². The molecule has 1 saturated heterocycles. The smallest absolute Gasteiger partial charge is 0.394 e. The number of hydrogen-bond acceptors (Lipinski definition) is 11. The molecule has 14 heteroatoms. The quantitative estimate of drug-likeness (QED) is 0.0189. The molecule has 59 heavy (non-hydrogen) atoms. The van der Waals surface area contributed by atoms with E-state index in [1.54, 1.807) is 6.08 Å². The van der Waals surface area contributed by atoms with Gasteiger partial charge in [-0.1, -0.05) is 139 Å². The Morgan fingerprint density at radius 3 is 1.76 bits per heavy atom. The molecule has 0 aliphatic carbocycles. The standard InChI is InChI=1S/C45H79NO12S/c1-3-5-7-9-11-13-15-17-19-20-22-24-26-28-30-32-34-39(49)44(52)46-37(36-56-45-42(51)43(58-59(53,54)55)41(50)40(35-47)57-45)38(48)33-31-29-27-25-23-21-18-16-14-12-10-8-6-4-2/h11,13-14,16-17,19,23,25,31,33,37-43,45,47-51H,3-10,12,15,18,20-22,24,26-30,32,34-36H2,1-2H3,(H,46,52)(H,53,54,55)/b13-11-,16-14+,19-17-,25-23+,33-31+. The number of carbonyl (C=O) groups is 1. The second-order valence-corrected chi connectivity index (χ2v) is 16.4. The summed E-state index contributed by atoms with van der Waals surface area (Å²) in [7, 11) is -5.13. The lowest BCUT2D eigenvalue weighted by molar-refractivity contribution is -0.298. The van der Waals surface area contributed by atoms with Gasteiger partial charge in [-0.25, -0.2) is 4.18 Å². The largest absolute Gasteiger partial charge is 0.397 e. The monoisotopic (exact) mass is 858 g/mol. The third kappa shape index (κ3) is 28.1. The number of unbranched alkanes of at least 4 members (excludes halogenated alkanes) is 15. The second-order valence-electron chi connectivity index (χ2n) is 15.4. The first kappa shape index (κ1) is 54.8. The Labute approximate surface area is 355 Å². The van der Waals surface area contributed by atoms with Crippen LogP contribution in [0.25, 0.3) is 0 Å². The Morgan fingerprint density at radius 1 is 0.695 bits per heavy atom. The molecule has 1 amide bonds. The molecule has 0 bridgehead atoms. The summed E-state index contributed by atoms with van der Waals surface area (Å²) in [6.45, 7) is 3.11. The molecule has 0 spiro atoms. The van der Waals surface area contributed by atoms with Gasteiger partial charge in [0.15, 0.2) is 6.29 Å². The van der Waals surface area contributed by atoms with Crippen LogP contribution in [0.5, 0.6) is 0 Å². The fourth-order valence-corrected chi connectivity index (χ4v) is 7.03. The summed E-state index contributed by atoms with van der Waals surface area (Å²) in [5.74, 6) is -0.729. The number of carbonyl (C=O) groups excluding carboxylic acids is 1. The van der Waals surface area contributed by atoms with E-state index < -0.39 is 78.5 Å². The first-order chi connectivity index (χ1) is 28.4. The van der Waals surface area contributed by atoms with Crippen LogP contribution in [0, 0.1) is 0 Å². The van der Waals surface area contributed by atoms with Crippen LogP contribution in [0.1, 0.15) is 155 Å². The topological polar surface area (TPSA) is 212 Å². The van der Waals surface area contributed by atoms with E-state index in [2.05, 4.69) is 72.0 Å². The number of nitrogens with one attached hydrogen (secondary N) is 1. The van der Waals surface area contributed by atoms with Crippen LogP contribution in [-0.4, -0.2) is 107 Å². The average Bonchev–Trinajstić information content (AvgIpc) is 3.20. The minimum absolute atomic E-state index is 0.219. The van der Waals surface area contributed by atoms with Crippen LogP contribution in [0.3, 0.4) is 0 Å². The van der Waals surface area contributed by atoms with Crippen LogP contribution < -0.4 is 5.32 Å². The number of allylic oxidation sites excluding steroid dienone is 9. The maximum absolute atomic E-state index is 13.1. The molecule has 0 radical (unpaired) electrons. The molecule has 0 aromatic carbocycles. The van der Waals surface area contributed by atoms with Crippen molar-refractivity contribution in [3.8, 4) is 0 Å². The van der Waals surface area contributed by atoms with E-state index in [0.717, 1.165) is 77.0 Å². The molecule has 1 heterocycles. The van der Waals surface area contributed by atoms with Gasteiger partial charge in [-0.05, 0) is 77.0 Å². The van der Waals surface area contributed by atoms with Gasteiger partial charge in [-0.2, -0.15) is 8.42 Å². The number of aliphatic hydroxyl groups is 5. The van der Waals surface area contributed by atoms with E-state index in [4.69, 9.17) is 14.0 Å². The molecule has 1 aliphatic rings. The molecular weight excluding hydrogens is 779 g/mol. The summed E-state index contributed by atoms with van der Waals surface area (Å²) >= 11 is 0. The number of rotatable bonds is 36. The van der Waals surface area contributed by atoms with Gasteiger partial charge >= 0.3 is 10.4 Å². The summed E-state index contributed by atoms with van der Waals surface area (Å²) in [5.41, 5.74) is 0. The highest BCUT2D eigenvalue weighted by molar-refractivity contribution is 7.80. The fraction of sp³-hybridized carbons (Fsp3) is 0.756. The van der Waals surface area contributed by atoms with Gasteiger partial charge in [-0.15, -0.1) is 0 Å². The third-order valence-electron chi connectivity index (χ3n) is 10.1. The van der Waals surface area contributed by atoms with Crippen LogP contribution in [0.15, 0.2) is 60.8 Å². The Hall–Kier alpha value is -2.24.